The Bertz CT molecular complexity index is 674. The third-order valence-electron chi connectivity index (χ3n) is 4.40. The summed E-state index contributed by atoms with van der Waals surface area (Å²) in [5.74, 6) is 1.96. The summed E-state index contributed by atoms with van der Waals surface area (Å²) in [6.45, 7) is 1.64. The van der Waals surface area contributed by atoms with Gasteiger partial charge in [0.25, 0.3) is 0 Å². The van der Waals surface area contributed by atoms with Gasteiger partial charge in [-0.2, -0.15) is 11.8 Å². The number of methoxy groups -OCH3 is 1. The largest absolute Gasteiger partial charge is 0.496 e. The van der Waals surface area contributed by atoms with Crippen LogP contribution in [0.2, 0.25) is 0 Å². The molecule has 2 aromatic carbocycles. The van der Waals surface area contributed by atoms with Crippen LogP contribution in [-0.4, -0.2) is 36.8 Å². The third-order valence-corrected chi connectivity index (χ3v) is 5.73. The van der Waals surface area contributed by atoms with Gasteiger partial charge < -0.3 is 9.64 Å². The number of ether oxygens (including phenoxy) is 1. The number of carbonyl (C=O) groups is 1. The highest BCUT2D eigenvalue weighted by atomic mass is 32.2. The molecule has 1 aliphatic heterocycles. The van der Waals surface area contributed by atoms with Crippen molar-refractivity contribution in [3.63, 3.8) is 0 Å². The van der Waals surface area contributed by atoms with E-state index in [9.17, 15) is 4.79 Å². The average Bonchev–Trinajstić information content (AvgIpc) is 2.89. The molecule has 4 heteroatoms. The summed E-state index contributed by atoms with van der Waals surface area (Å²) in [5.41, 5.74) is 2.32. The van der Waals surface area contributed by atoms with Crippen molar-refractivity contribution in [2.24, 2.45) is 0 Å². The zero-order valence-electron chi connectivity index (χ0n) is 14.0. The molecule has 0 radical (unpaired) electrons. The molecular weight excluding hydrogens is 318 g/mol. The minimum Gasteiger partial charge on any atom is -0.496 e. The summed E-state index contributed by atoms with van der Waals surface area (Å²) in [6, 6.07) is 18.4. The van der Waals surface area contributed by atoms with E-state index in [4.69, 9.17) is 4.74 Å². The van der Waals surface area contributed by atoms with Crippen LogP contribution in [0.1, 0.15) is 22.8 Å². The van der Waals surface area contributed by atoms with E-state index in [1.165, 1.54) is 5.56 Å². The van der Waals surface area contributed by atoms with Gasteiger partial charge in [-0.25, -0.2) is 0 Å². The van der Waals surface area contributed by atoms with E-state index >= 15 is 0 Å². The summed E-state index contributed by atoms with van der Waals surface area (Å²) >= 11 is 1.95. The molecule has 1 saturated heterocycles. The van der Waals surface area contributed by atoms with Crippen molar-refractivity contribution >= 4 is 17.7 Å². The predicted molar refractivity (Wildman–Crippen MR) is 99.5 cm³/mol. The number of carbonyl (C=O) groups excluding carboxylic acids is 1. The Kier molecular flexibility index (Phi) is 5.81. The van der Waals surface area contributed by atoms with Crippen LogP contribution in [0, 0.1) is 0 Å². The molecule has 3 rings (SSSR count). The van der Waals surface area contributed by atoms with E-state index in [0.29, 0.717) is 11.7 Å². The number of nitrogens with zero attached hydrogens (tertiary/aromatic N) is 1. The van der Waals surface area contributed by atoms with Crippen LogP contribution in [0.15, 0.2) is 54.6 Å². The number of hydrogen-bond acceptors (Lipinski definition) is 3. The van der Waals surface area contributed by atoms with Gasteiger partial charge in [-0.15, -0.1) is 0 Å². The average molecular weight is 341 g/mol. The molecule has 2 aromatic rings. The zero-order chi connectivity index (χ0) is 16.8. The lowest BCUT2D eigenvalue weighted by Gasteiger charge is -2.21. The second-order valence-corrected chi connectivity index (χ2v) is 7.24. The van der Waals surface area contributed by atoms with Crippen molar-refractivity contribution < 1.29 is 9.53 Å². The van der Waals surface area contributed by atoms with Crippen LogP contribution in [0.4, 0.5) is 0 Å². The lowest BCUT2D eigenvalue weighted by Crippen LogP contribution is -2.34. The molecule has 24 heavy (non-hydrogen) atoms. The first-order chi connectivity index (χ1) is 11.8. The molecule has 1 amide bonds. The molecule has 0 aliphatic carbocycles. The van der Waals surface area contributed by atoms with Crippen LogP contribution in [-0.2, 0) is 11.2 Å². The quantitative estimate of drug-likeness (QED) is 0.843. The molecule has 0 aromatic heterocycles. The van der Waals surface area contributed by atoms with Gasteiger partial charge in [-0.05, 0) is 18.1 Å². The van der Waals surface area contributed by atoms with Gasteiger partial charge in [-0.1, -0.05) is 48.5 Å². The minimum atomic E-state index is 0.189. The molecule has 3 nitrogen and oxygen atoms in total. The molecule has 0 unspecified atom stereocenters. The highest BCUT2D eigenvalue weighted by Gasteiger charge is 2.22. The SMILES string of the molecule is COc1ccccc1CC(=O)N1CCS[C@H](c2ccccc2)CC1. The van der Waals surface area contributed by atoms with Gasteiger partial charge in [0.1, 0.15) is 5.75 Å². The predicted octanol–water partition coefficient (Wildman–Crippen LogP) is 3.94. The lowest BCUT2D eigenvalue weighted by atomic mass is 10.1. The Balaban J connectivity index is 1.62. The van der Waals surface area contributed by atoms with Gasteiger partial charge in [0, 0.05) is 29.7 Å². The molecule has 0 bridgehead atoms. The fourth-order valence-electron chi connectivity index (χ4n) is 3.08. The Labute approximate surface area is 148 Å². The number of para-hydroxylation sites is 1. The highest BCUT2D eigenvalue weighted by molar-refractivity contribution is 7.99. The summed E-state index contributed by atoms with van der Waals surface area (Å²) in [5, 5.41) is 0.482. The van der Waals surface area contributed by atoms with Crippen LogP contribution >= 0.6 is 11.8 Å². The zero-order valence-corrected chi connectivity index (χ0v) is 14.8. The van der Waals surface area contributed by atoms with E-state index in [-0.39, 0.29) is 5.91 Å². The first-order valence-corrected chi connectivity index (χ1v) is 9.39. The van der Waals surface area contributed by atoms with E-state index in [2.05, 4.69) is 24.3 Å². The lowest BCUT2D eigenvalue weighted by molar-refractivity contribution is -0.130. The summed E-state index contributed by atoms with van der Waals surface area (Å²) in [4.78, 5) is 14.7. The first kappa shape index (κ1) is 16.9. The minimum absolute atomic E-state index is 0.189. The van der Waals surface area contributed by atoms with Crippen molar-refractivity contribution in [2.75, 3.05) is 26.0 Å². The number of hydrogen-bond donors (Lipinski definition) is 0. The van der Waals surface area contributed by atoms with Crippen molar-refractivity contribution in [2.45, 2.75) is 18.1 Å². The fraction of sp³-hybridized carbons (Fsp3) is 0.350. The van der Waals surface area contributed by atoms with Crippen LogP contribution < -0.4 is 4.74 Å². The van der Waals surface area contributed by atoms with E-state index < -0.39 is 0 Å². The fourth-order valence-corrected chi connectivity index (χ4v) is 4.31. The van der Waals surface area contributed by atoms with Crippen molar-refractivity contribution in [1.82, 2.24) is 4.90 Å². The molecule has 1 atom stereocenters. The molecule has 126 valence electrons. The van der Waals surface area contributed by atoms with Crippen molar-refractivity contribution in [3.05, 3.63) is 65.7 Å². The van der Waals surface area contributed by atoms with Gasteiger partial charge in [0.15, 0.2) is 0 Å². The summed E-state index contributed by atoms with van der Waals surface area (Å²) in [7, 11) is 1.65. The monoisotopic (exact) mass is 341 g/mol. The number of thioether (sulfide) groups is 1. The van der Waals surface area contributed by atoms with E-state index in [1.54, 1.807) is 7.11 Å². The molecule has 1 aliphatic rings. The Morgan fingerprint density at radius 3 is 2.67 bits per heavy atom. The topological polar surface area (TPSA) is 29.5 Å². The molecule has 0 N–H and O–H groups in total. The Hall–Kier alpha value is -1.94. The van der Waals surface area contributed by atoms with Gasteiger partial charge in [-0.3, -0.25) is 4.79 Å². The summed E-state index contributed by atoms with van der Waals surface area (Å²) < 4.78 is 5.36. The molecule has 0 saturated carbocycles. The van der Waals surface area contributed by atoms with Crippen LogP contribution in [0.3, 0.4) is 0 Å². The third kappa shape index (κ3) is 4.12. The maximum atomic E-state index is 12.7. The maximum absolute atomic E-state index is 12.7. The highest BCUT2D eigenvalue weighted by Crippen LogP contribution is 2.34. The molecular formula is C20H23NO2S. The number of benzene rings is 2. The molecule has 1 fully saturated rings. The normalized spacial score (nSPS) is 18.0. The van der Waals surface area contributed by atoms with Crippen LogP contribution in [0.25, 0.3) is 0 Å². The van der Waals surface area contributed by atoms with Crippen LogP contribution in [0.5, 0.6) is 5.75 Å². The number of rotatable bonds is 4. The summed E-state index contributed by atoms with van der Waals surface area (Å²) in [6.07, 6.45) is 1.41. The van der Waals surface area contributed by atoms with Gasteiger partial charge in [0.05, 0.1) is 13.5 Å². The van der Waals surface area contributed by atoms with Gasteiger partial charge in [0.2, 0.25) is 5.91 Å². The first-order valence-electron chi connectivity index (χ1n) is 8.34. The van der Waals surface area contributed by atoms with E-state index in [0.717, 1.165) is 36.6 Å². The second kappa shape index (κ2) is 8.25. The van der Waals surface area contributed by atoms with E-state index in [1.807, 2.05) is 47.0 Å². The molecule has 0 spiro atoms. The smallest absolute Gasteiger partial charge is 0.227 e. The van der Waals surface area contributed by atoms with Gasteiger partial charge >= 0.3 is 0 Å². The Morgan fingerprint density at radius 1 is 1.12 bits per heavy atom. The second-order valence-electron chi connectivity index (χ2n) is 5.93. The standard InChI is InChI=1S/C20H23NO2S/c1-23-18-10-6-5-9-17(18)15-20(22)21-12-11-19(24-14-13-21)16-7-3-2-4-8-16/h2-10,19H,11-15H2,1H3/t19-/m0/s1. The van der Waals surface area contributed by atoms with Crippen molar-refractivity contribution in [1.29, 1.82) is 0 Å². The molecule has 1 heterocycles. The Morgan fingerprint density at radius 2 is 1.88 bits per heavy atom. The number of amides is 1. The maximum Gasteiger partial charge on any atom is 0.227 e. The van der Waals surface area contributed by atoms with Crippen molar-refractivity contribution in [3.8, 4) is 5.75 Å².